The molecular formula is C12H19NO5. The Balaban J connectivity index is 2.03. The van der Waals surface area contributed by atoms with Crippen molar-refractivity contribution in [3.63, 3.8) is 0 Å². The number of nitrogens with zero attached hydrogens (tertiary/aromatic N) is 1. The van der Waals surface area contributed by atoms with Crippen LogP contribution in [0.2, 0.25) is 0 Å². The van der Waals surface area contributed by atoms with E-state index >= 15 is 0 Å². The van der Waals surface area contributed by atoms with Gasteiger partial charge in [-0.05, 0) is 19.8 Å². The van der Waals surface area contributed by atoms with Crippen LogP contribution in [0.3, 0.4) is 0 Å². The number of carbonyl (C=O) groups excluding carboxylic acids is 2. The van der Waals surface area contributed by atoms with E-state index in [-0.39, 0.29) is 18.4 Å². The normalized spacial score (nSPS) is 30.7. The highest BCUT2D eigenvalue weighted by Crippen LogP contribution is 2.29. The number of morpholine rings is 1. The fraction of sp³-hybridized carbons (Fsp3) is 0.833. The van der Waals surface area contributed by atoms with Crippen LogP contribution in [-0.2, 0) is 19.1 Å². The summed E-state index contributed by atoms with van der Waals surface area (Å²) in [5, 5.41) is 10.2. The maximum atomic E-state index is 12.0. The summed E-state index contributed by atoms with van der Waals surface area (Å²) in [5.41, 5.74) is -1.13. The lowest BCUT2D eigenvalue weighted by atomic mass is 10.0. The molecule has 3 unspecified atom stereocenters. The quantitative estimate of drug-likeness (QED) is 0.684. The van der Waals surface area contributed by atoms with Gasteiger partial charge in [-0.25, -0.2) is 0 Å². The van der Waals surface area contributed by atoms with Crippen molar-refractivity contribution in [1.29, 1.82) is 0 Å². The van der Waals surface area contributed by atoms with Crippen LogP contribution >= 0.6 is 0 Å². The first kappa shape index (κ1) is 13.5. The zero-order valence-corrected chi connectivity index (χ0v) is 10.7. The second-order valence-corrected chi connectivity index (χ2v) is 5.19. The number of imide groups is 1. The molecule has 0 aromatic carbocycles. The summed E-state index contributed by atoms with van der Waals surface area (Å²) in [6, 6.07) is 0. The standard InChI is InChI=1S/C12H19NO5/c1-12(16,5-6-17-2)7-13-10(14)8-3-4-9(18-8)11(13)15/h8-9,16H,3-7H2,1-2H3. The SMILES string of the molecule is COCCC(C)(O)CN1C(=O)C2CCC(O2)C1=O. The minimum absolute atomic E-state index is 0.00435. The first-order valence-electron chi connectivity index (χ1n) is 6.16. The van der Waals surface area contributed by atoms with Crippen molar-refractivity contribution in [1.82, 2.24) is 4.90 Å². The summed E-state index contributed by atoms with van der Waals surface area (Å²) >= 11 is 0. The lowest BCUT2D eigenvalue weighted by Crippen LogP contribution is -2.56. The molecule has 0 saturated carbocycles. The number of methoxy groups -OCH3 is 1. The molecule has 2 rings (SSSR count). The first-order chi connectivity index (χ1) is 8.44. The Labute approximate surface area is 106 Å². The van der Waals surface area contributed by atoms with Gasteiger partial charge in [0, 0.05) is 20.1 Å². The molecule has 6 nitrogen and oxygen atoms in total. The van der Waals surface area contributed by atoms with Gasteiger partial charge in [0.25, 0.3) is 11.8 Å². The molecule has 3 atom stereocenters. The van der Waals surface area contributed by atoms with Crippen LogP contribution in [0.4, 0.5) is 0 Å². The number of likely N-dealkylation sites (tertiary alicyclic amines) is 1. The minimum atomic E-state index is -1.13. The Morgan fingerprint density at radius 3 is 2.44 bits per heavy atom. The monoisotopic (exact) mass is 257 g/mol. The molecular weight excluding hydrogens is 238 g/mol. The van der Waals surface area contributed by atoms with Crippen molar-refractivity contribution in [2.45, 2.75) is 44.0 Å². The predicted octanol–water partition coefficient (Wildman–Crippen LogP) is -0.310. The van der Waals surface area contributed by atoms with Crippen LogP contribution in [-0.4, -0.2) is 59.9 Å². The lowest BCUT2D eigenvalue weighted by molar-refractivity contribution is -0.172. The Hall–Kier alpha value is -0.980. The fourth-order valence-corrected chi connectivity index (χ4v) is 2.35. The van der Waals surface area contributed by atoms with E-state index in [1.165, 1.54) is 0 Å². The number of aliphatic hydroxyl groups is 1. The Morgan fingerprint density at radius 2 is 1.94 bits per heavy atom. The average Bonchev–Trinajstić information content (AvgIpc) is 2.77. The number of fused-ring (bicyclic) bond motifs is 2. The smallest absolute Gasteiger partial charge is 0.258 e. The van der Waals surface area contributed by atoms with E-state index in [0.717, 1.165) is 4.90 Å². The van der Waals surface area contributed by atoms with Crippen molar-refractivity contribution >= 4 is 11.8 Å². The first-order valence-corrected chi connectivity index (χ1v) is 6.16. The maximum Gasteiger partial charge on any atom is 0.258 e. The number of hydrogen-bond acceptors (Lipinski definition) is 5. The van der Waals surface area contributed by atoms with E-state index in [2.05, 4.69) is 0 Å². The number of hydrogen-bond donors (Lipinski definition) is 1. The summed E-state index contributed by atoms with van der Waals surface area (Å²) in [4.78, 5) is 25.1. The molecule has 2 saturated heterocycles. The summed E-state index contributed by atoms with van der Waals surface area (Å²) in [6.45, 7) is 1.99. The summed E-state index contributed by atoms with van der Waals surface area (Å²) in [5.74, 6) is -0.655. The van der Waals surface area contributed by atoms with Crippen molar-refractivity contribution in [3.8, 4) is 0 Å². The zero-order chi connectivity index (χ0) is 13.3. The van der Waals surface area contributed by atoms with Crippen LogP contribution in [0, 0.1) is 0 Å². The fourth-order valence-electron chi connectivity index (χ4n) is 2.35. The van der Waals surface area contributed by atoms with Gasteiger partial charge in [0.1, 0.15) is 12.2 Å². The summed E-state index contributed by atoms with van der Waals surface area (Å²) in [6.07, 6.45) is 0.533. The Kier molecular flexibility index (Phi) is 3.70. The number of amides is 2. The number of ether oxygens (including phenoxy) is 2. The van der Waals surface area contributed by atoms with Gasteiger partial charge >= 0.3 is 0 Å². The topological polar surface area (TPSA) is 76.1 Å². The lowest BCUT2D eigenvalue weighted by Gasteiger charge is -2.35. The molecule has 102 valence electrons. The highest BCUT2D eigenvalue weighted by Gasteiger charge is 2.47. The molecule has 18 heavy (non-hydrogen) atoms. The molecule has 2 aliphatic rings. The van der Waals surface area contributed by atoms with Crippen molar-refractivity contribution in [2.24, 2.45) is 0 Å². The second kappa shape index (κ2) is 4.95. The molecule has 0 aromatic heterocycles. The number of carbonyl (C=O) groups is 2. The maximum absolute atomic E-state index is 12.0. The summed E-state index contributed by atoms with van der Waals surface area (Å²) < 4.78 is 10.2. The molecule has 6 heteroatoms. The highest BCUT2D eigenvalue weighted by atomic mass is 16.5. The highest BCUT2D eigenvalue weighted by molar-refractivity contribution is 6.02. The zero-order valence-electron chi connectivity index (χ0n) is 10.7. The van der Waals surface area contributed by atoms with Gasteiger partial charge in [-0.2, -0.15) is 0 Å². The minimum Gasteiger partial charge on any atom is -0.388 e. The third-order valence-electron chi connectivity index (χ3n) is 3.45. The van der Waals surface area contributed by atoms with Gasteiger partial charge in [0.15, 0.2) is 0 Å². The Morgan fingerprint density at radius 1 is 1.39 bits per heavy atom. The molecule has 2 amide bonds. The van der Waals surface area contributed by atoms with E-state index in [0.29, 0.717) is 25.9 Å². The van der Waals surface area contributed by atoms with Crippen LogP contribution in [0.25, 0.3) is 0 Å². The molecule has 2 heterocycles. The molecule has 0 aromatic rings. The van der Waals surface area contributed by atoms with Crippen LogP contribution in [0.1, 0.15) is 26.2 Å². The predicted molar refractivity (Wildman–Crippen MR) is 61.7 cm³/mol. The van der Waals surface area contributed by atoms with Gasteiger partial charge in [-0.15, -0.1) is 0 Å². The van der Waals surface area contributed by atoms with E-state index in [1.54, 1.807) is 14.0 Å². The van der Waals surface area contributed by atoms with Crippen LogP contribution in [0.15, 0.2) is 0 Å². The average molecular weight is 257 g/mol. The molecule has 0 aliphatic carbocycles. The van der Waals surface area contributed by atoms with E-state index < -0.39 is 17.8 Å². The summed E-state index contributed by atoms with van der Waals surface area (Å²) in [7, 11) is 1.54. The molecule has 2 bridgehead atoms. The van der Waals surface area contributed by atoms with Gasteiger partial charge in [-0.1, -0.05) is 0 Å². The van der Waals surface area contributed by atoms with E-state index in [9.17, 15) is 14.7 Å². The molecule has 1 N–H and O–H groups in total. The van der Waals surface area contributed by atoms with Gasteiger partial charge < -0.3 is 14.6 Å². The second-order valence-electron chi connectivity index (χ2n) is 5.19. The third-order valence-corrected chi connectivity index (χ3v) is 3.45. The van der Waals surface area contributed by atoms with Crippen molar-refractivity contribution < 1.29 is 24.2 Å². The number of β-amino-alcohol motifs (C(OH)–C–C–N with tert-alkyl or cyclic N) is 1. The molecule has 0 spiro atoms. The van der Waals surface area contributed by atoms with Crippen LogP contribution in [0.5, 0.6) is 0 Å². The van der Waals surface area contributed by atoms with Crippen LogP contribution < -0.4 is 0 Å². The third kappa shape index (κ3) is 2.55. The van der Waals surface area contributed by atoms with Gasteiger partial charge in [-0.3, -0.25) is 14.5 Å². The van der Waals surface area contributed by atoms with Gasteiger partial charge in [0.05, 0.1) is 12.1 Å². The largest absolute Gasteiger partial charge is 0.388 e. The van der Waals surface area contributed by atoms with Crippen molar-refractivity contribution in [2.75, 3.05) is 20.3 Å². The van der Waals surface area contributed by atoms with E-state index in [4.69, 9.17) is 9.47 Å². The molecule has 2 fully saturated rings. The molecule has 2 aliphatic heterocycles. The van der Waals surface area contributed by atoms with Gasteiger partial charge in [0.2, 0.25) is 0 Å². The number of rotatable bonds is 5. The Bertz CT molecular complexity index is 332. The van der Waals surface area contributed by atoms with E-state index in [1.807, 2.05) is 0 Å². The van der Waals surface area contributed by atoms with Crippen molar-refractivity contribution in [3.05, 3.63) is 0 Å². The molecule has 0 radical (unpaired) electrons.